The van der Waals surface area contributed by atoms with Crippen LogP contribution in [0.3, 0.4) is 0 Å². The Hall–Kier alpha value is -1.50. The Balaban J connectivity index is 0.00000220. The minimum atomic E-state index is -0.313. The van der Waals surface area contributed by atoms with E-state index in [0.717, 1.165) is 0 Å². The van der Waals surface area contributed by atoms with Crippen LogP contribution in [0, 0.1) is 11.7 Å². The molecule has 1 aromatic carbocycles. The first-order chi connectivity index (χ1) is 9.47. The fourth-order valence-corrected chi connectivity index (χ4v) is 2.29. The van der Waals surface area contributed by atoms with Crippen LogP contribution in [-0.4, -0.2) is 16.9 Å². The van der Waals surface area contributed by atoms with E-state index >= 15 is 0 Å². The molecule has 114 valence electrons. The molecule has 1 heterocycles. The summed E-state index contributed by atoms with van der Waals surface area (Å²) >= 11 is 1.30. The van der Waals surface area contributed by atoms with Gasteiger partial charge >= 0.3 is 0 Å². The highest BCUT2D eigenvalue weighted by Crippen LogP contribution is 2.25. The first-order valence-electron chi connectivity index (χ1n) is 6.25. The Labute approximate surface area is 133 Å². The number of nitrogens with two attached hydrogens (primary N) is 1. The molecule has 0 fully saturated rings. The van der Waals surface area contributed by atoms with Crippen LogP contribution in [0.2, 0.25) is 0 Å². The van der Waals surface area contributed by atoms with Crippen molar-refractivity contribution >= 4 is 34.8 Å². The number of carbonyl (C=O) groups is 1. The summed E-state index contributed by atoms with van der Waals surface area (Å²) in [4.78, 5) is 16.2. The molecule has 2 aromatic rings. The van der Waals surface area contributed by atoms with Crippen molar-refractivity contribution in [2.75, 3.05) is 5.32 Å². The summed E-state index contributed by atoms with van der Waals surface area (Å²) in [6.07, 6.45) is 0. The fraction of sp³-hybridized carbons (Fsp3) is 0.286. The van der Waals surface area contributed by atoms with E-state index in [2.05, 4.69) is 10.3 Å². The van der Waals surface area contributed by atoms with Gasteiger partial charge in [-0.15, -0.1) is 23.7 Å². The van der Waals surface area contributed by atoms with E-state index in [9.17, 15) is 9.18 Å². The van der Waals surface area contributed by atoms with Gasteiger partial charge in [-0.3, -0.25) is 4.79 Å². The molecule has 2 rings (SSSR count). The van der Waals surface area contributed by atoms with Gasteiger partial charge in [0.05, 0.1) is 11.6 Å². The molecule has 0 spiro atoms. The number of carbonyl (C=O) groups excluding carboxylic acids is 1. The van der Waals surface area contributed by atoms with E-state index in [4.69, 9.17) is 5.73 Å². The van der Waals surface area contributed by atoms with Gasteiger partial charge in [0.1, 0.15) is 5.82 Å². The van der Waals surface area contributed by atoms with Crippen LogP contribution in [-0.2, 0) is 4.79 Å². The largest absolute Gasteiger partial charge is 0.327 e. The van der Waals surface area contributed by atoms with E-state index < -0.39 is 0 Å². The number of benzene rings is 1. The van der Waals surface area contributed by atoms with Gasteiger partial charge in [-0.1, -0.05) is 19.1 Å². The van der Waals surface area contributed by atoms with Crippen LogP contribution in [0.1, 0.15) is 13.8 Å². The number of aromatic nitrogens is 1. The molecule has 0 aliphatic rings. The van der Waals surface area contributed by atoms with Crippen molar-refractivity contribution in [2.45, 2.75) is 19.9 Å². The zero-order valence-electron chi connectivity index (χ0n) is 11.7. The number of anilines is 1. The third kappa shape index (κ3) is 4.49. The van der Waals surface area contributed by atoms with Gasteiger partial charge in [0, 0.05) is 17.0 Å². The SMILES string of the molecule is CC(N)C(C)C(=O)Nc1nc(-c2cccc(F)c2)cs1.Cl. The number of rotatable bonds is 4. The molecular formula is C14H17ClFN3OS. The summed E-state index contributed by atoms with van der Waals surface area (Å²) < 4.78 is 13.2. The first kappa shape index (κ1) is 17.6. The summed E-state index contributed by atoms with van der Waals surface area (Å²) in [5, 5.41) is 4.99. The number of nitrogens with zero attached hydrogens (tertiary/aromatic N) is 1. The Morgan fingerprint density at radius 3 is 2.76 bits per heavy atom. The number of hydrogen-bond donors (Lipinski definition) is 2. The molecule has 1 aromatic heterocycles. The zero-order chi connectivity index (χ0) is 14.7. The standard InChI is InChI=1S/C14H16FN3OS.ClH/c1-8(9(2)16)13(19)18-14-17-12(7-20-14)10-4-3-5-11(15)6-10;/h3-9H,16H2,1-2H3,(H,17,18,19);1H. The average molecular weight is 330 g/mol. The molecule has 4 nitrogen and oxygen atoms in total. The summed E-state index contributed by atoms with van der Waals surface area (Å²) in [5.74, 6) is -0.775. The molecule has 21 heavy (non-hydrogen) atoms. The van der Waals surface area contributed by atoms with E-state index in [1.165, 1.54) is 23.5 Å². The predicted molar refractivity (Wildman–Crippen MR) is 86.2 cm³/mol. The normalized spacial score (nSPS) is 13.1. The molecule has 7 heteroatoms. The Morgan fingerprint density at radius 2 is 2.14 bits per heavy atom. The van der Waals surface area contributed by atoms with Crippen LogP contribution < -0.4 is 11.1 Å². The topological polar surface area (TPSA) is 68.0 Å². The number of nitrogens with one attached hydrogen (secondary N) is 1. The van der Waals surface area contributed by atoms with Gasteiger partial charge in [-0.05, 0) is 19.1 Å². The second-order valence-electron chi connectivity index (χ2n) is 4.69. The van der Waals surface area contributed by atoms with Crippen molar-refractivity contribution in [3.8, 4) is 11.3 Å². The second-order valence-corrected chi connectivity index (χ2v) is 5.54. The molecule has 0 radical (unpaired) electrons. The summed E-state index contributed by atoms with van der Waals surface area (Å²) in [6, 6.07) is 5.96. The molecule has 2 unspecified atom stereocenters. The predicted octanol–water partition coefficient (Wildman–Crippen LogP) is 3.29. The Morgan fingerprint density at radius 1 is 1.43 bits per heavy atom. The van der Waals surface area contributed by atoms with E-state index in [0.29, 0.717) is 16.4 Å². The fourth-order valence-electron chi connectivity index (χ4n) is 1.57. The summed E-state index contributed by atoms with van der Waals surface area (Å²) in [5.41, 5.74) is 7.00. The minimum absolute atomic E-state index is 0. The van der Waals surface area contributed by atoms with Crippen molar-refractivity contribution in [1.82, 2.24) is 4.98 Å². The highest BCUT2D eigenvalue weighted by molar-refractivity contribution is 7.14. The van der Waals surface area contributed by atoms with E-state index in [1.807, 2.05) is 0 Å². The lowest BCUT2D eigenvalue weighted by molar-refractivity contribution is -0.119. The van der Waals surface area contributed by atoms with Gasteiger partial charge in [-0.25, -0.2) is 9.37 Å². The number of thiazole rings is 1. The lowest BCUT2D eigenvalue weighted by atomic mass is 10.0. The van der Waals surface area contributed by atoms with Gasteiger partial charge < -0.3 is 11.1 Å². The highest BCUT2D eigenvalue weighted by Gasteiger charge is 2.18. The van der Waals surface area contributed by atoms with E-state index in [1.54, 1.807) is 31.4 Å². The molecule has 0 aliphatic heterocycles. The van der Waals surface area contributed by atoms with Crippen molar-refractivity contribution in [1.29, 1.82) is 0 Å². The Kier molecular flexibility index (Phi) is 6.26. The molecule has 0 saturated heterocycles. The molecule has 2 atom stereocenters. The first-order valence-corrected chi connectivity index (χ1v) is 7.13. The van der Waals surface area contributed by atoms with E-state index in [-0.39, 0.29) is 36.1 Å². The quantitative estimate of drug-likeness (QED) is 0.904. The maximum atomic E-state index is 13.2. The Bertz CT molecular complexity index is 618. The monoisotopic (exact) mass is 329 g/mol. The molecule has 0 bridgehead atoms. The lowest BCUT2D eigenvalue weighted by Gasteiger charge is -2.13. The van der Waals surface area contributed by atoms with Crippen molar-refractivity contribution in [3.05, 3.63) is 35.5 Å². The van der Waals surface area contributed by atoms with Gasteiger partial charge in [0.25, 0.3) is 0 Å². The van der Waals surface area contributed by atoms with Crippen LogP contribution >= 0.6 is 23.7 Å². The number of halogens is 2. The maximum absolute atomic E-state index is 13.2. The van der Waals surface area contributed by atoms with Crippen molar-refractivity contribution in [3.63, 3.8) is 0 Å². The van der Waals surface area contributed by atoms with Crippen LogP contribution in [0.4, 0.5) is 9.52 Å². The van der Waals surface area contributed by atoms with Gasteiger partial charge in [-0.2, -0.15) is 0 Å². The molecule has 0 aliphatic carbocycles. The molecule has 1 amide bonds. The smallest absolute Gasteiger partial charge is 0.230 e. The number of amides is 1. The number of hydrogen-bond acceptors (Lipinski definition) is 4. The average Bonchev–Trinajstić information content (AvgIpc) is 2.86. The second kappa shape index (κ2) is 7.49. The molecular weight excluding hydrogens is 313 g/mol. The van der Waals surface area contributed by atoms with Crippen molar-refractivity contribution in [2.24, 2.45) is 11.7 Å². The third-order valence-corrected chi connectivity index (χ3v) is 3.81. The molecule has 3 N–H and O–H groups in total. The maximum Gasteiger partial charge on any atom is 0.230 e. The highest BCUT2D eigenvalue weighted by atomic mass is 35.5. The van der Waals surface area contributed by atoms with Crippen LogP contribution in [0.15, 0.2) is 29.6 Å². The van der Waals surface area contributed by atoms with Gasteiger partial charge in [0.2, 0.25) is 5.91 Å². The zero-order valence-corrected chi connectivity index (χ0v) is 13.3. The summed E-state index contributed by atoms with van der Waals surface area (Å²) in [6.45, 7) is 3.55. The molecule has 0 saturated carbocycles. The summed E-state index contributed by atoms with van der Waals surface area (Å²) in [7, 11) is 0. The van der Waals surface area contributed by atoms with Crippen LogP contribution in [0.5, 0.6) is 0 Å². The lowest BCUT2D eigenvalue weighted by Crippen LogP contribution is -2.34. The van der Waals surface area contributed by atoms with Crippen LogP contribution in [0.25, 0.3) is 11.3 Å². The van der Waals surface area contributed by atoms with Crippen molar-refractivity contribution < 1.29 is 9.18 Å². The minimum Gasteiger partial charge on any atom is -0.327 e. The third-order valence-electron chi connectivity index (χ3n) is 3.06. The van der Waals surface area contributed by atoms with Gasteiger partial charge in [0.15, 0.2) is 5.13 Å².